The Morgan fingerprint density at radius 1 is 0.972 bits per heavy atom. The van der Waals surface area contributed by atoms with Crippen LogP contribution in [0.25, 0.3) is 17.0 Å². The number of H-pyrrole nitrogens is 1. The number of piperidine rings is 2. The number of hydrogen-bond donors (Lipinski definition) is 1. The van der Waals surface area contributed by atoms with E-state index in [-0.39, 0.29) is 5.91 Å². The Kier molecular flexibility index (Phi) is 6.85. The molecule has 3 aromatic rings. The zero-order valence-electron chi connectivity index (χ0n) is 20.5. The molecule has 6 heteroatoms. The average Bonchev–Trinajstić information content (AvgIpc) is 3.42. The molecule has 1 N–H and O–H groups in total. The van der Waals surface area contributed by atoms with E-state index in [1.807, 2.05) is 17.0 Å². The van der Waals surface area contributed by atoms with Crippen molar-refractivity contribution in [1.82, 2.24) is 14.8 Å². The van der Waals surface area contributed by atoms with Crippen LogP contribution in [0.2, 0.25) is 10.0 Å². The lowest BCUT2D eigenvalue weighted by Crippen LogP contribution is -2.47. The number of halogens is 2. The Hall–Kier alpha value is -2.27. The Balaban J connectivity index is 1.02. The molecule has 2 bridgehead atoms. The molecule has 4 heterocycles. The molecule has 36 heavy (non-hydrogen) atoms. The second-order valence-electron chi connectivity index (χ2n) is 10.8. The van der Waals surface area contributed by atoms with E-state index in [4.69, 9.17) is 23.2 Å². The van der Waals surface area contributed by atoms with Crippen LogP contribution >= 0.6 is 23.2 Å². The van der Waals surface area contributed by atoms with Crippen LogP contribution in [-0.2, 0) is 4.79 Å². The fraction of sp³-hybridized carbons (Fsp3) is 0.433. The molecule has 3 aliphatic rings. The number of nitrogens with one attached hydrogen (secondary N) is 1. The van der Waals surface area contributed by atoms with E-state index in [1.165, 1.54) is 48.7 Å². The third kappa shape index (κ3) is 4.83. The van der Waals surface area contributed by atoms with Gasteiger partial charge in [-0.2, -0.15) is 0 Å². The quantitative estimate of drug-likeness (QED) is 0.362. The molecule has 6 rings (SSSR count). The molecule has 1 amide bonds. The summed E-state index contributed by atoms with van der Waals surface area (Å²) in [7, 11) is 0. The highest BCUT2D eigenvalue weighted by atomic mass is 35.5. The smallest absolute Gasteiger partial charge is 0.246 e. The van der Waals surface area contributed by atoms with Gasteiger partial charge in [0.25, 0.3) is 0 Å². The molecule has 0 saturated carbocycles. The molecule has 0 aliphatic carbocycles. The Morgan fingerprint density at radius 2 is 1.72 bits per heavy atom. The summed E-state index contributed by atoms with van der Waals surface area (Å²) in [6, 6.07) is 15.6. The maximum atomic E-state index is 12.7. The standard InChI is InChI=1S/C30H33Cl2N3O/c31-27-9-5-20(15-28(27)32)6-10-30(36)34-13-11-21(12-14-34)19-35-23-7-8-24(35)17-22(16-23)26-18-33-29-4-2-1-3-25(26)29/h1-6,9-10,15,18,21-24,33H,7-8,11-14,16-17,19H2/b10-6+. The molecule has 0 radical (unpaired) electrons. The molecule has 188 valence electrons. The number of carbonyl (C=O) groups excluding carboxylic acids is 1. The van der Waals surface area contributed by atoms with Gasteiger partial charge in [-0.1, -0.05) is 47.5 Å². The second kappa shape index (κ2) is 10.2. The summed E-state index contributed by atoms with van der Waals surface area (Å²) in [5, 5.41) is 2.44. The van der Waals surface area contributed by atoms with Gasteiger partial charge in [-0.3, -0.25) is 9.69 Å². The van der Waals surface area contributed by atoms with E-state index in [0.29, 0.717) is 34.0 Å². The van der Waals surface area contributed by atoms with Gasteiger partial charge in [0.15, 0.2) is 0 Å². The summed E-state index contributed by atoms with van der Waals surface area (Å²) in [6.07, 6.45) is 13.1. The normalized spacial score (nSPS) is 25.3. The van der Waals surface area contributed by atoms with Crippen molar-refractivity contribution in [3.63, 3.8) is 0 Å². The molecular formula is C30H33Cl2N3O. The molecule has 2 atom stereocenters. The van der Waals surface area contributed by atoms with E-state index in [9.17, 15) is 4.79 Å². The highest BCUT2D eigenvalue weighted by Crippen LogP contribution is 2.45. The van der Waals surface area contributed by atoms with Crippen LogP contribution in [0.15, 0.2) is 54.7 Å². The molecule has 2 aromatic carbocycles. The number of likely N-dealkylation sites (tertiary alicyclic amines) is 1. The van der Waals surface area contributed by atoms with Gasteiger partial charge in [-0.25, -0.2) is 0 Å². The van der Waals surface area contributed by atoms with Crippen LogP contribution < -0.4 is 0 Å². The predicted octanol–water partition coefficient (Wildman–Crippen LogP) is 7.14. The van der Waals surface area contributed by atoms with Gasteiger partial charge >= 0.3 is 0 Å². The van der Waals surface area contributed by atoms with Gasteiger partial charge in [0.2, 0.25) is 5.91 Å². The van der Waals surface area contributed by atoms with Crippen molar-refractivity contribution in [2.45, 2.75) is 56.5 Å². The van der Waals surface area contributed by atoms with Crippen LogP contribution in [0, 0.1) is 5.92 Å². The molecule has 0 spiro atoms. The number of benzene rings is 2. The fourth-order valence-electron chi connectivity index (χ4n) is 6.78. The Labute approximate surface area is 223 Å². The van der Waals surface area contributed by atoms with E-state index in [0.717, 1.165) is 31.5 Å². The fourth-order valence-corrected chi connectivity index (χ4v) is 7.09. The van der Waals surface area contributed by atoms with Crippen molar-refractivity contribution in [3.05, 3.63) is 75.9 Å². The lowest BCUT2D eigenvalue weighted by atomic mass is 9.84. The number of rotatable bonds is 5. The van der Waals surface area contributed by atoms with E-state index in [1.54, 1.807) is 18.2 Å². The monoisotopic (exact) mass is 521 g/mol. The van der Waals surface area contributed by atoms with Crippen molar-refractivity contribution in [1.29, 1.82) is 0 Å². The number of hydrogen-bond acceptors (Lipinski definition) is 2. The van der Waals surface area contributed by atoms with Crippen molar-refractivity contribution >= 4 is 46.1 Å². The minimum atomic E-state index is 0.0825. The molecule has 3 aliphatic heterocycles. The first-order valence-electron chi connectivity index (χ1n) is 13.3. The van der Waals surface area contributed by atoms with Gasteiger partial charge in [0, 0.05) is 54.9 Å². The number of fused-ring (bicyclic) bond motifs is 3. The third-order valence-corrected chi connectivity index (χ3v) is 9.44. The number of aromatic nitrogens is 1. The lowest BCUT2D eigenvalue weighted by molar-refractivity contribution is -0.127. The Morgan fingerprint density at radius 3 is 2.47 bits per heavy atom. The van der Waals surface area contributed by atoms with E-state index < -0.39 is 0 Å². The van der Waals surface area contributed by atoms with Crippen molar-refractivity contribution in [3.8, 4) is 0 Å². The predicted molar refractivity (Wildman–Crippen MR) is 149 cm³/mol. The van der Waals surface area contributed by atoms with Crippen LogP contribution in [0.5, 0.6) is 0 Å². The van der Waals surface area contributed by atoms with Gasteiger partial charge in [0.1, 0.15) is 0 Å². The topological polar surface area (TPSA) is 39.3 Å². The summed E-state index contributed by atoms with van der Waals surface area (Å²) >= 11 is 12.1. The summed E-state index contributed by atoms with van der Waals surface area (Å²) in [5.74, 6) is 1.43. The van der Waals surface area contributed by atoms with Crippen LogP contribution in [0.4, 0.5) is 0 Å². The maximum Gasteiger partial charge on any atom is 0.246 e. The number of para-hydroxylation sites is 1. The number of nitrogens with zero attached hydrogens (tertiary/aromatic N) is 2. The van der Waals surface area contributed by atoms with Crippen molar-refractivity contribution in [2.24, 2.45) is 5.92 Å². The van der Waals surface area contributed by atoms with Gasteiger partial charge in [-0.15, -0.1) is 0 Å². The molecule has 2 unspecified atom stereocenters. The number of carbonyl (C=O) groups is 1. The Bertz CT molecular complexity index is 1260. The lowest BCUT2D eigenvalue weighted by Gasteiger charge is -2.42. The maximum absolute atomic E-state index is 12.7. The summed E-state index contributed by atoms with van der Waals surface area (Å²) in [4.78, 5) is 21.0. The summed E-state index contributed by atoms with van der Waals surface area (Å²) in [5.41, 5.74) is 3.66. The first-order valence-corrected chi connectivity index (χ1v) is 14.0. The van der Waals surface area contributed by atoms with Crippen LogP contribution in [0.3, 0.4) is 0 Å². The highest BCUT2D eigenvalue weighted by Gasteiger charge is 2.42. The van der Waals surface area contributed by atoms with Gasteiger partial charge in [-0.05, 0) is 85.8 Å². The number of aromatic amines is 1. The van der Waals surface area contributed by atoms with E-state index in [2.05, 4.69) is 40.3 Å². The molecular weight excluding hydrogens is 489 g/mol. The first-order chi connectivity index (χ1) is 17.5. The second-order valence-corrected chi connectivity index (χ2v) is 11.6. The molecule has 4 nitrogen and oxygen atoms in total. The van der Waals surface area contributed by atoms with Gasteiger partial charge in [0.05, 0.1) is 10.0 Å². The minimum Gasteiger partial charge on any atom is -0.361 e. The average molecular weight is 523 g/mol. The van der Waals surface area contributed by atoms with Crippen LogP contribution in [0.1, 0.15) is 55.6 Å². The zero-order chi connectivity index (χ0) is 24.6. The molecule has 3 saturated heterocycles. The zero-order valence-corrected chi connectivity index (χ0v) is 22.0. The summed E-state index contributed by atoms with van der Waals surface area (Å²) < 4.78 is 0. The first kappa shape index (κ1) is 24.1. The third-order valence-electron chi connectivity index (χ3n) is 8.70. The van der Waals surface area contributed by atoms with Gasteiger partial charge < -0.3 is 9.88 Å². The molecule has 3 fully saturated rings. The number of amides is 1. The van der Waals surface area contributed by atoms with E-state index >= 15 is 0 Å². The summed E-state index contributed by atoms with van der Waals surface area (Å²) in [6.45, 7) is 2.88. The van der Waals surface area contributed by atoms with Crippen LogP contribution in [-0.4, -0.2) is 52.4 Å². The highest BCUT2D eigenvalue weighted by molar-refractivity contribution is 6.42. The van der Waals surface area contributed by atoms with Crippen molar-refractivity contribution < 1.29 is 4.79 Å². The molecule has 1 aromatic heterocycles. The minimum absolute atomic E-state index is 0.0825. The SMILES string of the molecule is O=C(/C=C/c1ccc(Cl)c(Cl)c1)N1CCC(CN2C3CCC2CC(c2c[nH]c4ccccc24)C3)CC1. The largest absolute Gasteiger partial charge is 0.361 e. The van der Waals surface area contributed by atoms with Crippen molar-refractivity contribution in [2.75, 3.05) is 19.6 Å².